The molecule has 2 aromatic heterocycles. The second kappa shape index (κ2) is 6.52. The third kappa shape index (κ3) is 3.07. The summed E-state index contributed by atoms with van der Waals surface area (Å²) >= 11 is 2.29. The van der Waals surface area contributed by atoms with Crippen LogP contribution in [-0.4, -0.2) is 15.0 Å². The van der Waals surface area contributed by atoms with Crippen LogP contribution in [0.5, 0.6) is 0 Å². The Morgan fingerprint density at radius 2 is 1.67 bits per heavy atom. The van der Waals surface area contributed by atoms with Crippen LogP contribution in [0.25, 0.3) is 22.3 Å². The maximum absolute atomic E-state index is 4.72. The molecule has 0 aliphatic heterocycles. The summed E-state index contributed by atoms with van der Waals surface area (Å²) in [5.74, 6) is 1.45. The van der Waals surface area contributed by atoms with Crippen molar-refractivity contribution in [2.24, 2.45) is 0 Å². The minimum Gasteiger partial charge on any atom is -0.340 e. The van der Waals surface area contributed by atoms with Gasteiger partial charge in [-0.05, 0) is 71.1 Å². The Morgan fingerprint density at radius 1 is 0.833 bits per heavy atom. The molecule has 0 atom stereocenters. The van der Waals surface area contributed by atoms with Gasteiger partial charge in [-0.3, -0.25) is 4.98 Å². The monoisotopic (exact) mass is 424 g/mol. The van der Waals surface area contributed by atoms with E-state index in [-0.39, 0.29) is 0 Å². The lowest BCUT2D eigenvalue weighted by atomic mass is 10.2. The highest BCUT2D eigenvalue weighted by molar-refractivity contribution is 14.1. The van der Waals surface area contributed by atoms with Gasteiger partial charge in [-0.25, -0.2) is 9.97 Å². The first kappa shape index (κ1) is 15.0. The van der Waals surface area contributed by atoms with Gasteiger partial charge in [0, 0.05) is 32.6 Å². The van der Waals surface area contributed by atoms with E-state index in [0.29, 0.717) is 5.82 Å². The molecule has 2 heterocycles. The molecular formula is C19H13IN4. The second-order valence-corrected chi connectivity index (χ2v) is 6.53. The summed E-state index contributed by atoms with van der Waals surface area (Å²) in [6.45, 7) is 0. The van der Waals surface area contributed by atoms with Crippen molar-refractivity contribution >= 4 is 45.0 Å². The van der Waals surface area contributed by atoms with Crippen LogP contribution < -0.4 is 5.32 Å². The van der Waals surface area contributed by atoms with Crippen molar-refractivity contribution in [1.82, 2.24) is 15.0 Å². The normalized spacial score (nSPS) is 10.7. The van der Waals surface area contributed by atoms with E-state index in [1.165, 1.54) is 3.57 Å². The van der Waals surface area contributed by atoms with Gasteiger partial charge in [0.15, 0.2) is 5.82 Å². The molecule has 116 valence electrons. The fourth-order valence-electron chi connectivity index (χ4n) is 2.47. The van der Waals surface area contributed by atoms with E-state index < -0.39 is 0 Å². The number of para-hydroxylation sites is 1. The second-order valence-electron chi connectivity index (χ2n) is 5.29. The maximum atomic E-state index is 4.72. The predicted octanol–water partition coefficient (Wildman–Crippen LogP) is 5.04. The molecule has 0 amide bonds. The molecule has 24 heavy (non-hydrogen) atoms. The minimum atomic E-state index is 0.662. The molecule has 0 saturated carbocycles. The molecule has 0 fully saturated rings. The summed E-state index contributed by atoms with van der Waals surface area (Å²) in [5, 5.41) is 4.40. The summed E-state index contributed by atoms with van der Waals surface area (Å²) in [4.78, 5) is 13.6. The quantitative estimate of drug-likeness (QED) is 0.469. The Balaban J connectivity index is 1.85. The summed E-state index contributed by atoms with van der Waals surface area (Å²) in [6.07, 6.45) is 3.52. The summed E-state index contributed by atoms with van der Waals surface area (Å²) in [5.41, 5.74) is 2.80. The number of nitrogens with one attached hydrogen (secondary N) is 1. The van der Waals surface area contributed by atoms with Gasteiger partial charge >= 0.3 is 0 Å². The van der Waals surface area contributed by atoms with Crippen LogP contribution in [0.2, 0.25) is 0 Å². The van der Waals surface area contributed by atoms with Crippen molar-refractivity contribution in [3.63, 3.8) is 0 Å². The van der Waals surface area contributed by atoms with Gasteiger partial charge in [-0.1, -0.05) is 12.1 Å². The van der Waals surface area contributed by atoms with Gasteiger partial charge in [-0.15, -0.1) is 0 Å². The molecule has 4 rings (SSSR count). The zero-order valence-electron chi connectivity index (χ0n) is 12.6. The summed E-state index contributed by atoms with van der Waals surface area (Å²) in [7, 11) is 0. The highest BCUT2D eigenvalue weighted by Gasteiger charge is 2.09. The number of halogens is 1. The van der Waals surface area contributed by atoms with Gasteiger partial charge in [0.2, 0.25) is 0 Å². The van der Waals surface area contributed by atoms with E-state index in [2.05, 4.69) is 50.0 Å². The molecule has 0 radical (unpaired) electrons. The van der Waals surface area contributed by atoms with Crippen molar-refractivity contribution in [2.75, 3.05) is 5.32 Å². The topological polar surface area (TPSA) is 50.7 Å². The van der Waals surface area contributed by atoms with Crippen LogP contribution in [0.1, 0.15) is 0 Å². The number of hydrogen-bond donors (Lipinski definition) is 1. The van der Waals surface area contributed by atoms with Gasteiger partial charge in [-0.2, -0.15) is 0 Å². The first-order valence-corrected chi connectivity index (χ1v) is 8.57. The van der Waals surface area contributed by atoms with Gasteiger partial charge in [0.25, 0.3) is 0 Å². The Bertz CT molecular complexity index is 985. The van der Waals surface area contributed by atoms with Crippen molar-refractivity contribution in [1.29, 1.82) is 0 Å². The molecule has 0 saturated heterocycles. The van der Waals surface area contributed by atoms with E-state index in [0.717, 1.165) is 28.0 Å². The van der Waals surface area contributed by atoms with Crippen LogP contribution in [0.15, 0.2) is 73.1 Å². The van der Waals surface area contributed by atoms with Crippen molar-refractivity contribution in [3.8, 4) is 11.4 Å². The fourth-order valence-corrected chi connectivity index (χ4v) is 2.83. The van der Waals surface area contributed by atoms with Crippen LogP contribution in [0.3, 0.4) is 0 Å². The highest BCUT2D eigenvalue weighted by atomic mass is 127. The number of rotatable bonds is 3. The number of hydrogen-bond acceptors (Lipinski definition) is 4. The van der Waals surface area contributed by atoms with E-state index in [1.54, 1.807) is 12.4 Å². The standard InChI is InChI=1S/C19H13IN4/c20-14-7-9-15(10-8-14)22-19-16-5-1-2-6-17(16)23-18(24-19)13-4-3-11-21-12-13/h1-12H,(H,22,23,24). The Hall–Kier alpha value is -2.54. The number of anilines is 2. The average molecular weight is 424 g/mol. The molecule has 0 aliphatic carbocycles. The van der Waals surface area contributed by atoms with Crippen LogP contribution >= 0.6 is 22.6 Å². The molecular weight excluding hydrogens is 411 g/mol. The number of fused-ring (bicyclic) bond motifs is 1. The van der Waals surface area contributed by atoms with Crippen molar-refractivity contribution in [3.05, 3.63) is 76.6 Å². The van der Waals surface area contributed by atoms with Gasteiger partial charge in [0.05, 0.1) is 5.52 Å². The molecule has 0 unspecified atom stereocenters. The lowest BCUT2D eigenvalue weighted by molar-refractivity contribution is 1.20. The number of nitrogens with zero attached hydrogens (tertiary/aromatic N) is 3. The number of aromatic nitrogens is 3. The molecule has 4 aromatic rings. The van der Waals surface area contributed by atoms with Crippen LogP contribution in [0, 0.1) is 3.57 Å². The zero-order valence-corrected chi connectivity index (χ0v) is 14.8. The highest BCUT2D eigenvalue weighted by Crippen LogP contribution is 2.27. The molecule has 4 nitrogen and oxygen atoms in total. The lowest BCUT2D eigenvalue weighted by Crippen LogP contribution is -1.99. The Labute approximate surface area is 153 Å². The smallest absolute Gasteiger partial charge is 0.163 e. The zero-order chi connectivity index (χ0) is 16.4. The number of benzene rings is 2. The third-order valence-electron chi connectivity index (χ3n) is 3.63. The molecule has 0 aliphatic rings. The third-order valence-corrected chi connectivity index (χ3v) is 4.35. The predicted molar refractivity (Wildman–Crippen MR) is 105 cm³/mol. The van der Waals surface area contributed by atoms with E-state index in [4.69, 9.17) is 4.98 Å². The fraction of sp³-hybridized carbons (Fsp3) is 0. The first-order chi connectivity index (χ1) is 11.8. The first-order valence-electron chi connectivity index (χ1n) is 7.49. The van der Waals surface area contributed by atoms with Crippen LogP contribution in [-0.2, 0) is 0 Å². The number of pyridine rings is 1. The molecule has 1 N–H and O–H groups in total. The molecule has 0 spiro atoms. The van der Waals surface area contributed by atoms with Gasteiger partial charge in [0.1, 0.15) is 5.82 Å². The summed E-state index contributed by atoms with van der Waals surface area (Å²) in [6, 6.07) is 20.1. The average Bonchev–Trinajstić information content (AvgIpc) is 2.64. The van der Waals surface area contributed by atoms with E-state index in [1.807, 2.05) is 48.5 Å². The minimum absolute atomic E-state index is 0.662. The van der Waals surface area contributed by atoms with E-state index in [9.17, 15) is 0 Å². The molecule has 5 heteroatoms. The maximum Gasteiger partial charge on any atom is 0.163 e. The Kier molecular flexibility index (Phi) is 4.08. The lowest BCUT2D eigenvalue weighted by Gasteiger charge is -2.11. The molecule has 0 bridgehead atoms. The van der Waals surface area contributed by atoms with E-state index >= 15 is 0 Å². The Morgan fingerprint density at radius 3 is 2.46 bits per heavy atom. The largest absolute Gasteiger partial charge is 0.340 e. The van der Waals surface area contributed by atoms with Gasteiger partial charge < -0.3 is 5.32 Å². The molecule has 2 aromatic carbocycles. The van der Waals surface area contributed by atoms with Crippen molar-refractivity contribution in [2.45, 2.75) is 0 Å². The van der Waals surface area contributed by atoms with Crippen LogP contribution in [0.4, 0.5) is 11.5 Å². The summed E-state index contributed by atoms with van der Waals surface area (Å²) < 4.78 is 1.20. The van der Waals surface area contributed by atoms with Crippen molar-refractivity contribution < 1.29 is 0 Å². The SMILES string of the molecule is Ic1ccc(Nc2nc(-c3cccnc3)nc3ccccc23)cc1.